The summed E-state index contributed by atoms with van der Waals surface area (Å²) in [6.45, 7) is 6.39. The predicted molar refractivity (Wildman–Crippen MR) is 74.9 cm³/mol. The standard InChI is InChI=1S/C14H17ClFN3/c1-3-17-7-12-9-19(18-10(12)2)8-11-4-5-14(16)13(15)6-11/h4-6,9,17H,3,7-8H2,1-2H3. The minimum atomic E-state index is -0.394. The minimum Gasteiger partial charge on any atom is -0.313 e. The molecule has 1 aromatic heterocycles. The van der Waals surface area contributed by atoms with Crippen LogP contribution in [0.1, 0.15) is 23.7 Å². The topological polar surface area (TPSA) is 29.9 Å². The van der Waals surface area contributed by atoms with Crippen molar-refractivity contribution in [2.45, 2.75) is 26.9 Å². The molecule has 2 rings (SSSR count). The number of hydrogen-bond acceptors (Lipinski definition) is 2. The van der Waals surface area contributed by atoms with Gasteiger partial charge in [0.05, 0.1) is 17.3 Å². The fourth-order valence-corrected chi connectivity index (χ4v) is 2.10. The summed E-state index contributed by atoms with van der Waals surface area (Å²) < 4.78 is 14.9. The van der Waals surface area contributed by atoms with E-state index in [1.165, 1.54) is 11.6 Å². The fraction of sp³-hybridized carbons (Fsp3) is 0.357. The van der Waals surface area contributed by atoms with E-state index < -0.39 is 5.82 Å². The van der Waals surface area contributed by atoms with Crippen molar-refractivity contribution in [1.82, 2.24) is 15.1 Å². The van der Waals surface area contributed by atoms with E-state index in [0.717, 1.165) is 24.3 Å². The van der Waals surface area contributed by atoms with E-state index in [1.54, 1.807) is 12.1 Å². The number of halogens is 2. The minimum absolute atomic E-state index is 0.147. The summed E-state index contributed by atoms with van der Waals surface area (Å²) in [5.74, 6) is -0.394. The van der Waals surface area contributed by atoms with E-state index in [2.05, 4.69) is 17.3 Å². The van der Waals surface area contributed by atoms with Gasteiger partial charge in [-0.2, -0.15) is 5.10 Å². The number of benzene rings is 1. The van der Waals surface area contributed by atoms with Gasteiger partial charge in [0, 0.05) is 18.3 Å². The average Bonchev–Trinajstić information content (AvgIpc) is 2.72. The van der Waals surface area contributed by atoms with Gasteiger partial charge in [0.15, 0.2) is 0 Å². The molecule has 19 heavy (non-hydrogen) atoms. The molecule has 0 saturated carbocycles. The molecular formula is C14H17ClFN3. The van der Waals surface area contributed by atoms with Gasteiger partial charge in [-0.15, -0.1) is 0 Å². The zero-order valence-corrected chi connectivity index (χ0v) is 11.8. The molecule has 0 saturated heterocycles. The van der Waals surface area contributed by atoms with E-state index >= 15 is 0 Å². The molecule has 0 spiro atoms. The molecule has 5 heteroatoms. The van der Waals surface area contributed by atoms with Gasteiger partial charge in [-0.25, -0.2) is 4.39 Å². The summed E-state index contributed by atoms with van der Waals surface area (Å²) in [6.07, 6.45) is 2.01. The van der Waals surface area contributed by atoms with Crippen LogP contribution in [0, 0.1) is 12.7 Å². The van der Waals surface area contributed by atoms with Crippen LogP contribution >= 0.6 is 11.6 Å². The first-order valence-electron chi connectivity index (χ1n) is 6.27. The molecule has 1 N–H and O–H groups in total. The van der Waals surface area contributed by atoms with Crippen LogP contribution in [0.2, 0.25) is 5.02 Å². The molecular weight excluding hydrogens is 265 g/mol. The second kappa shape index (κ2) is 6.17. The normalized spacial score (nSPS) is 10.9. The van der Waals surface area contributed by atoms with Crippen LogP contribution in [0.3, 0.4) is 0 Å². The molecule has 1 heterocycles. The molecule has 0 aliphatic rings. The zero-order valence-electron chi connectivity index (χ0n) is 11.1. The molecule has 0 unspecified atom stereocenters. The molecule has 2 aromatic rings. The third-order valence-corrected chi connectivity index (χ3v) is 3.23. The Hall–Kier alpha value is -1.39. The Bertz CT molecular complexity index is 566. The Kier molecular flexibility index (Phi) is 4.56. The summed E-state index contributed by atoms with van der Waals surface area (Å²) in [7, 11) is 0. The van der Waals surface area contributed by atoms with Crippen LogP contribution < -0.4 is 5.32 Å². The summed E-state index contributed by atoms with van der Waals surface area (Å²) in [5, 5.41) is 7.87. The number of hydrogen-bond donors (Lipinski definition) is 1. The Morgan fingerprint density at radius 1 is 1.42 bits per heavy atom. The highest BCUT2D eigenvalue weighted by Crippen LogP contribution is 2.17. The van der Waals surface area contributed by atoms with Gasteiger partial charge < -0.3 is 5.32 Å². The highest BCUT2D eigenvalue weighted by atomic mass is 35.5. The van der Waals surface area contributed by atoms with E-state index in [0.29, 0.717) is 6.54 Å². The lowest BCUT2D eigenvalue weighted by Crippen LogP contribution is -2.11. The van der Waals surface area contributed by atoms with Crippen molar-refractivity contribution >= 4 is 11.6 Å². The van der Waals surface area contributed by atoms with Crippen molar-refractivity contribution in [2.75, 3.05) is 6.54 Å². The van der Waals surface area contributed by atoms with Gasteiger partial charge in [0.1, 0.15) is 5.82 Å². The lowest BCUT2D eigenvalue weighted by atomic mass is 10.2. The Balaban J connectivity index is 2.12. The maximum atomic E-state index is 13.1. The third kappa shape index (κ3) is 3.55. The number of aryl methyl sites for hydroxylation is 1. The van der Waals surface area contributed by atoms with E-state index in [9.17, 15) is 4.39 Å². The van der Waals surface area contributed by atoms with Crippen molar-refractivity contribution in [1.29, 1.82) is 0 Å². The molecule has 0 atom stereocenters. The van der Waals surface area contributed by atoms with Crippen molar-refractivity contribution in [3.8, 4) is 0 Å². The first kappa shape index (κ1) is 14.0. The van der Waals surface area contributed by atoms with Crippen LogP contribution in [0.5, 0.6) is 0 Å². The van der Waals surface area contributed by atoms with E-state index in [4.69, 9.17) is 11.6 Å². The van der Waals surface area contributed by atoms with Crippen LogP contribution in [0.25, 0.3) is 0 Å². The van der Waals surface area contributed by atoms with Crippen molar-refractivity contribution in [3.05, 3.63) is 52.1 Å². The van der Waals surface area contributed by atoms with Crippen LogP contribution in [-0.4, -0.2) is 16.3 Å². The fourth-order valence-electron chi connectivity index (χ4n) is 1.90. The smallest absolute Gasteiger partial charge is 0.141 e. The highest BCUT2D eigenvalue weighted by Gasteiger charge is 2.06. The summed E-state index contributed by atoms with van der Waals surface area (Å²) in [6, 6.07) is 4.74. The Labute approximate surface area is 117 Å². The number of nitrogens with zero attached hydrogens (tertiary/aromatic N) is 2. The molecule has 3 nitrogen and oxygen atoms in total. The second-order valence-electron chi connectivity index (χ2n) is 4.47. The van der Waals surface area contributed by atoms with Gasteiger partial charge in [0.2, 0.25) is 0 Å². The van der Waals surface area contributed by atoms with Gasteiger partial charge in [-0.3, -0.25) is 4.68 Å². The Morgan fingerprint density at radius 2 is 2.21 bits per heavy atom. The van der Waals surface area contributed by atoms with Crippen LogP contribution in [-0.2, 0) is 13.1 Å². The lowest BCUT2D eigenvalue weighted by Gasteiger charge is -2.03. The summed E-state index contributed by atoms with van der Waals surface area (Å²) in [5.41, 5.74) is 3.12. The molecule has 0 bridgehead atoms. The molecule has 0 aliphatic carbocycles. The first-order valence-corrected chi connectivity index (χ1v) is 6.65. The van der Waals surface area contributed by atoms with Crippen molar-refractivity contribution in [2.24, 2.45) is 0 Å². The monoisotopic (exact) mass is 281 g/mol. The van der Waals surface area contributed by atoms with Gasteiger partial charge in [-0.05, 0) is 31.2 Å². The molecule has 0 aliphatic heterocycles. The van der Waals surface area contributed by atoms with Gasteiger partial charge in [0.25, 0.3) is 0 Å². The molecule has 1 aromatic carbocycles. The summed E-state index contributed by atoms with van der Waals surface area (Å²) in [4.78, 5) is 0. The number of aromatic nitrogens is 2. The zero-order chi connectivity index (χ0) is 13.8. The van der Waals surface area contributed by atoms with E-state index in [-0.39, 0.29) is 5.02 Å². The van der Waals surface area contributed by atoms with Crippen LogP contribution in [0.15, 0.2) is 24.4 Å². The molecule has 0 radical (unpaired) electrons. The van der Waals surface area contributed by atoms with Gasteiger partial charge >= 0.3 is 0 Å². The van der Waals surface area contributed by atoms with Crippen LogP contribution in [0.4, 0.5) is 4.39 Å². The average molecular weight is 282 g/mol. The second-order valence-corrected chi connectivity index (χ2v) is 4.87. The van der Waals surface area contributed by atoms with Crippen molar-refractivity contribution in [3.63, 3.8) is 0 Å². The lowest BCUT2D eigenvalue weighted by molar-refractivity contribution is 0.624. The predicted octanol–water partition coefficient (Wildman–Crippen LogP) is 3.14. The highest BCUT2D eigenvalue weighted by molar-refractivity contribution is 6.30. The van der Waals surface area contributed by atoms with Crippen molar-refractivity contribution < 1.29 is 4.39 Å². The largest absolute Gasteiger partial charge is 0.313 e. The molecule has 0 fully saturated rings. The first-order chi connectivity index (χ1) is 9.10. The number of nitrogens with one attached hydrogen (secondary N) is 1. The third-order valence-electron chi connectivity index (χ3n) is 2.94. The molecule has 102 valence electrons. The Morgan fingerprint density at radius 3 is 2.89 bits per heavy atom. The number of rotatable bonds is 5. The summed E-state index contributed by atoms with van der Waals surface area (Å²) >= 11 is 5.77. The molecule has 0 amide bonds. The quantitative estimate of drug-likeness (QED) is 0.912. The SMILES string of the molecule is CCNCc1cn(Cc2ccc(F)c(Cl)c2)nc1C. The van der Waals surface area contributed by atoms with Gasteiger partial charge in [-0.1, -0.05) is 24.6 Å². The van der Waals surface area contributed by atoms with E-state index in [1.807, 2.05) is 17.8 Å². The maximum Gasteiger partial charge on any atom is 0.141 e. The maximum absolute atomic E-state index is 13.1.